The van der Waals surface area contributed by atoms with E-state index in [4.69, 9.17) is 9.57 Å². The van der Waals surface area contributed by atoms with E-state index in [-0.39, 0.29) is 24.0 Å². The Morgan fingerprint density at radius 1 is 1.21 bits per heavy atom. The molecule has 2 aliphatic heterocycles. The summed E-state index contributed by atoms with van der Waals surface area (Å²) in [4.78, 5) is 4.83. The number of ether oxygens (including phenoxy) is 1. The lowest BCUT2D eigenvalue weighted by molar-refractivity contribution is 0.0716. The number of fused-ring (bicyclic) bond motifs is 5. The zero-order chi connectivity index (χ0) is 9.87. The molecular formula is C9H9NO4. The highest BCUT2D eigenvalue weighted by Gasteiger charge is 2.42. The summed E-state index contributed by atoms with van der Waals surface area (Å²) in [6.45, 7) is 0. The van der Waals surface area contributed by atoms with Gasteiger partial charge in [0.25, 0.3) is 0 Å². The van der Waals surface area contributed by atoms with Crippen LogP contribution in [-0.2, 0) is 4.74 Å². The summed E-state index contributed by atoms with van der Waals surface area (Å²) in [5, 5.41) is 19.4. The minimum absolute atomic E-state index is 0.0862. The Morgan fingerprint density at radius 3 is 2.14 bits per heavy atom. The molecular weight excluding hydrogens is 186 g/mol. The van der Waals surface area contributed by atoms with Crippen LogP contribution in [0.25, 0.3) is 0 Å². The molecule has 5 heteroatoms. The molecule has 5 nitrogen and oxygen atoms in total. The third-order valence-corrected chi connectivity index (χ3v) is 2.66. The fourth-order valence-electron chi connectivity index (χ4n) is 2.07. The molecule has 0 spiro atoms. The summed E-state index contributed by atoms with van der Waals surface area (Å²) in [6, 6.07) is 0. The van der Waals surface area contributed by atoms with Gasteiger partial charge in [0.15, 0.2) is 0 Å². The number of nitrogens with zero attached hydrogens (tertiary/aromatic N) is 1. The molecule has 2 N–H and O–H groups in total. The molecule has 2 aliphatic rings. The first-order chi connectivity index (χ1) is 6.74. The van der Waals surface area contributed by atoms with Crippen molar-refractivity contribution in [2.45, 2.75) is 12.2 Å². The van der Waals surface area contributed by atoms with Gasteiger partial charge in [-0.25, -0.2) is 0 Å². The van der Waals surface area contributed by atoms with Crippen LogP contribution in [0.2, 0.25) is 0 Å². The van der Waals surface area contributed by atoms with Crippen molar-refractivity contribution >= 4 is 0 Å². The number of hydrogen-bond acceptors (Lipinski definition) is 4. The molecule has 2 unspecified atom stereocenters. The van der Waals surface area contributed by atoms with E-state index in [0.717, 1.165) is 4.73 Å². The van der Waals surface area contributed by atoms with Crippen molar-refractivity contribution in [3.05, 3.63) is 23.3 Å². The topological polar surface area (TPSA) is 63.9 Å². The molecule has 0 amide bonds. The molecule has 0 saturated carbocycles. The van der Waals surface area contributed by atoms with Crippen LogP contribution in [0.1, 0.15) is 23.3 Å². The third kappa shape index (κ3) is 0.654. The highest BCUT2D eigenvalue weighted by atomic mass is 16.7. The van der Waals surface area contributed by atoms with Gasteiger partial charge in [-0.3, -0.25) is 0 Å². The van der Waals surface area contributed by atoms with Gasteiger partial charge in [0, 0.05) is 0 Å². The highest BCUT2D eigenvalue weighted by Crippen LogP contribution is 2.54. The van der Waals surface area contributed by atoms with E-state index in [1.54, 1.807) is 0 Å². The normalized spacial score (nSPS) is 26.9. The van der Waals surface area contributed by atoms with E-state index in [0.29, 0.717) is 11.1 Å². The van der Waals surface area contributed by atoms with Gasteiger partial charge in [0.05, 0.1) is 11.1 Å². The van der Waals surface area contributed by atoms with E-state index < -0.39 is 0 Å². The summed E-state index contributed by atoms with van der Waals surface area (Å²) in [5.74, 6) is -0.172. The Bertz CT molecular complexity index is 399. The molecule has 0 radical (unpaired) electrons. The van der Waals surface area contributed by atoms with Crippen LogP contribution in [0, 0.1) is 0 Å². The first-order valence-electron chi connectivity index (χ1n) is 4.28. The standard InChI is InChI=1S/C9H9NO4/c1-13-10-8(11)6-4-2-3-5(14-4)7(6)9(10)12/h2-5,11-12H,1H3. The van der Waals surface area contributed by atoms with Crippen molar-refractivity contribution in [3.63, 3.8) is 0 Å². The highest BCUT2D eigenvalue weighted by molar-refractivity contribution is 5.54. The maximum Gasteiger partial charge on any atom is 0.235 e. The average Bonchev–Trinajstić information content (AvgIpc) is 2.80. The first kappa shape index (κ1) is 7.75. The summed E-state index contributed by atoms with van der Waals surface area (Å²) in [5.41, 5.74) is 1.22. The molecule has 0 aliphatic carbocycles. The third-order valence-electron chi connectivity index (χ3n) is 2.66. The quantitative estimate of drug-likeness (QED) is 0.645. The van der Waals surface area contributed by atoms with E-state index >= 15 is 0 Å². The molecule has 2 bridgehead atoms. The van der Waals surface area contributed by atoms with Crippen molar-refractivity contribution in [3.8, 4) is 11.8 Å². The SMILES string of the molecule is COn1c(O)c2c(c1O)C1C=CC2O1. The van der Waals surface area contributed by atoms with Gasteiger partial charge in [-0.05, 0) is 0 Å². The second kappa shape index (κ2) is 2.24. The predicted octanol–water partition coefficient (Wildman–Crippen LogP) is 0.640. The molecule has 0 aromatic carbocycles. The van der Waals surface area contributed by atoms with Crippen LogP contribution < -0.4 is 4.84 Å². The molecule has 3 rings (SSSR count). The number of hydrogen-bond donors (Lipinski definition) is 2. The number of aromatic nitrogens is 1. The molecule has 74 valence electrons. The van der Waals surface area contributed by atoms with Gasteiger partial charge in [-0.15, -0.1) is 4.73 Å². The molecule has 3 heterocycles. The van der Waals surface area contributed by atoms with E-state index in [9.17, 15) is 10.2 Å². The van der Waals surface area contributed by atoms with Gasteiger partial charge in [0.1, 0.15) is 19.3 Å². The summed E-state index contributed by atoms with van der Waals surface area (Å²) in [6.07, 6.45) is 3.20. The summed E-state index contributed by atoms with van der Waals surface area (Å²) >= 11 is 0. The fourth-order valence-corrected chi connectivity index (χ4v) is 2.07. The molecule has 0 fully saturated rings. The zero-order valence-corrected chi connectivity index (χ0v) is 7.47. The zero-order valence-electron chi connectivity index (χ0n) is 7.47. The van der Waals surface area contributed by atoms with Crippen LogP contribution >= 0.6 is 0 Å². The second-order valence-corrected chi connectivity index (χ2v) is 3.31. The smallest absolute Gasteiger partial charge is 0.235 e. The Labute approximate surface area is 79.7 Å². The van der Waals surface area contributed by atoms with Crippen LogP contribution in [0.5, 0.6) is 11.8 Å². The number of rotatable bonds is 1. The Balaban J connectivity index is 2.27. The molecule has 2 atom stereocenters. The molecule has 14 heavy (non-hydrogen) atoms. The van der Waals surface area contributed by atoms with E-state index in [2.05, 4.69) is 0 Å². The maximum absolute atomic E-state index is 9.72. The van der Waals surface area contributed by atoms with Crippen molar-refractivity contribution < 1.29 is 19.8 Å². The fraction of sp³-hybridized carbons (Fsp3) is 0.333. The van der Waals surface area contributed by atoms with Gasteiger partial charge in [0.2, 0.25) is 11.8 Å². The van der Waals surface area contributed by atoms with Crippen LogP contribution in [0.3, 0.4) is 0 Å². The maximum atomic E-state index is 9.72. The summed E-state index contributed by atoms with van der Waals surface area (Å²) in [7, 11) is 1.38. The molecule has 1 aromatic heterocycles. The van der Waals surface area contributed by atoms with Gasteiger partial charge < -0.3 is 19.8 Å². The summed E-state index contributed by atoms with van der Waals surface area (Å²) < 4.78 is 6.44. The minimum Gasteiger partial charge on any atom is -0.492 e. The Hall–Kier alpha value is -1.62. The lowest BCUT2D eigenvalue weighted by atomic mass is 10.0. The van der Waals surface area contributed by atoms with Crippen LogP contribution in [0.15, 0.2) is 12.2 Å². The van der Waals surface area contributed by atoms with Crippen molar-refractivity contribution in [2.75, 3.05) is 7.11 Å². The largest absolute Gasteiger partial charge is 0.492 e. The van der Waals surface area contributed by atoms with Gasteiger partial charge >= 0.3 is 0 Å². The van der Waals surface area contributed by atoms with E-state index in [1.807, 2.05) is 12.2 Å². The minimum atomic E-state index is -0.253. The monoisotopic (exact) mass is 195 g/mol. The molecule has 1 aromatic rings. The van der Waals surface area contributed by atoms with Crippen LogP contribution in [0.4, 0.5) is 0 Å². The van der Waals surface area contributed by atoms with Gasteiger partial charge in [-0.1, -0.05) is 12.2 Å². The van der Waals surface area contributed by atoms with Gasteiger partial charge in [-0.2, -0.15) is 0 Å². The van der Waals surface area contributed by atoms with E-state index in [1.165, 1.54) is 7.11 Å². The van der Waals surface area contributed by atoms with Crippen LogP contribution in [-0.4, -0.2) is 22.1 Å². The Morgan fingerprint density at radius 2 is 1.71 bits per heavy atom. The van der Waals surface area contributed by atoms with Crippen molar-refractivity contribution in [1.29, 1.82) is 0 Å². The average molecular weight is 195 g/mol. The Kier molecular flexibility index (Phi) is 1.24. The van der Waals surface area contributed by atoms with Crippen molar-refractivity contribution in [2.24, 2.45) is 0 Å². The lowest BCUT2D eigenvalue weighted by Crippen LogP contribution is -2.05. The predicted molar refractivity (Wildman–Crippen MR) is 46.0 cm³/mol. The first-order valence-corrected chi connectivity index (χ1v) is 4.28. The van der Waals surface area contributed by atoms with Crippen molar-refractivity contribution in [1.82, 2.24) is 4.73 Å². The number of aromatic hydroxyl groups is 2. The lowest BCUT2D eigenvalue weighted by Gasteiger charge is -2.07. The molecule has 0 saturated heterocycles. The second-order valence-electron chi connectivity index (χ2n) is 3.31.